The van der Waals surface area contributed by atoms with Gasteiger partial charge in [0.05, 0.1) is 32.9 Å². The van der Waals surface area contributed by atoms with E-state index in [1.54, 1.807) is 25.3 Å². The first-order chi connectivity index (χ1) is 13.3. The standard InChI is InChI=1S/C18H11Cl4NO4S/c1-26-8-2-3-9-14(4-8)28-17(16(9)22)18(25)27-7-15(24)23-13-6-11(20)10(19)5-12(13)21/h2-6H,7H2,1H3,(H,23,24). The lowest BCUT2D eigenvalue weighted by Crippen LogP contribution is -2.20. The number of halogens is 4. The van der Waals surface area contributed by atoms with Gasteiger partial charge in [0.15, 0.2) is 6.61 Å². The van der Waals surface area contributed by atoms with Crippen molar-refractivity contribution in [2.24, 2.45) is 0 Å². The molecule has 0 saturated heterocycles. The Labute approximate surface area is 184 Å². The molecular weight excluding hydrogens is 468 g/mol. The molecule has 3 rings (SSSR count). The number of hydrogen-bond acceptors (Lipinski definition) is 5. The number of methoxy groups -OCH3 is 1. The summed E-state index contributed by atoms with van der Waals surface area (Å²) in [6.07, 6.45) is 0. The molecule has 10 heteroatoms. The molecule has 2 aromatic carbocycles. The van der Waals surface area contributed by atoms with Gasteiger partial charge in [0.2, 0.25) is 0 Å². The van der Waals surface area contributed by atoms with Crippen LogP contribution in [0.3, 0.4) is 0 Å². The summed E-state index contributed by atoms with van der Waals surface area (Å²) in [5, 5.41) is 4.16. The van der Waals surface area contributed by atoms with Gasteiger partial charge in [0, 0.05) is 10.1 Å². The van der Waals surface area contributed by atoms with E-state index in [-0.39, 0.29) is 30.7 Å². The molecule has 1 N–H and O–H groups in total. The van der Waals surface area contributed by atoms with Crippen molar-refractivity contribution >= 4 is 85.4 Å². The highest BCUT2D eigenvalue weighted by Crippen LogP contribution is 2.37. The number of carbonyl (C=O) groups is 2. The zero-order valence-electron chi connectivity index (χ0n) is 14.1. The minimum absolute atomic E-state index is 0.199. The fourth-order valence-electron chi connectivity index (χ4n) is 2.31. The molecule has 0 aliphatic carbocycles. The SMILES string of the molecule is COc1ccc2c(Cl)c(C(=O)OCC(=O)Nc3cc(Cl)c(Cl)cc3Cl)sc2c1. The van der Waals surface area contributed by atoms with Crippen LogP contribution in [0.1, 0.15) is 9.67 Å². The van der Waals surface area contributed by atoms with Crippen molar-refractivity contribution in [3.05, 3.63) is 55.3 Å². The smallest absolute Gasteiger partial charge is 0.350 e. The Bertz CT molecular complexity index is 1080. The predicted molar refractivity (Wildman–Crippen MR) is 114 cm³/mol. The normalized spacial score (nSPS) is 10.8. The molecule has 5 nitrogen and oxygen atoms in total. The summed E-state index contributed by atoms with van der Waals surface area (Å²) < 4.78 is 11.0. The van der Waals surface area contributed by atoms with Gasteiger partial charge in [-0.25, -0.2) is 4.79 Å². The molecule has 0 unspecified atom stereocenters. The van der Waals surface area contributed by atoms with Crippen molar-refractivity contribution in [1.82, 2.24) is 0 Å². The number of amides is 1. The van der Waals surface area contributed by atoms with Gasteiger partial charge < -0.3 is 14.8 Å². The second kappa shape index (κ2) is 8.76. The topological polar surface area (TPSA) is 64.6 Å². The van der Waals surface area contributed by atoms with Gasteiger partial charge in [-0.05, 0) is 30.3 Å². The second-order valence-electron chi connectivity index (χ2n) is 5.48. The first-order valence-electron chi connectivity index (χ1n) is 7.67. The number of ether oxygens (including phenoxy) is 2. The van der Waals surface area contributed by atoms with Crippen LogP contribution in [0.5, 0.6) is 5.75 Å². The second-order valence-corrected chi connectivity index (χ2v) is 8.13. The highest BCUT2D eigenvalue weighted by molar-refractivity contribution is 7.21. The molecule has 1 amide bonds. The fraction of sp³-hybridized carbons (Fsp3) is 0.111. The predicted octanol–water partition coefficient (Wildman–Crippen LogP) is 6.32. The third-order valence-corrected chi connectivity index (χ3v) is 6.31. The number of benzene rings is 2. The number of fused-ring (bicyclic) bond motifs is 1. The Morgan fingerprint density at radius 1 is 1.04 bits per heavy atom. The molecule has 28 heavy (non-hydrogen) atoms. The first kappa shape index (κ1) is 21.0. The summed E-state index contributed by atoms with van der Waals surface area (Å²) >= 11 is 25.2. The number of nitrogens with one attached hydrogen (secondary N) is 1. The van der Waals surface area contributed by atoms with Crippen LogP contribution < -0.4 is 10.1 Å². The summed E-state index contributed by atoms with van der Waals surface area (Å²) in [5.41, 5.74) is 0.254. The molecule has 0 aliphatic rings. The molecule has 0 atom stereocenters. The summed E-state index contributed by atoms with van der Waals surface area (Å²) in [5.74, 6) is -0.656. The number of carbonyl (C=O) groups excluding carboxylic acids is 2. The summed E-state index contributed by atoms with van der Waals surface area (Å²) in [4.78, 5) is 24.6. The van der Waals surface area contributed by atoms with Crippen LogP contribution in [0, 0.1) is 0 Å². The van der Waals surface area contributed by atoms with E-state index in [1.165, 1.54) is 12.1 Å². The van der Waals surface area contributed by atoms with Gasteiger partial charge in [-0.2, -0.15) is 0 Å². The molecule has 1 heterocycles. The average molecular weight is 479 g/mol. The molecule has 0 radical (unpaired) electrons. The third kappa shape index (κ3) is 4.47. The zero-order chi connectivity index (χ0) is 20.4. The highest BCUT2D eigenvalue weighted by Gasteiger charge is 2.20. The molecule has 0 saturated carbocycles. The van der Waals surface area contributed by atoms with E-state index in [4.69, 9.17) is 55.9 Å². The van der Waals surface area contributed by atoms with Crippen molar-refractivity contribution in [1.29, 1.82) is 0 Å². The van der Waals surface area contributed by atoms with E-state index in [9.17, 15) is 9.59 Å². The van der Waals surface area contributed by atoms with Crippen LogP contribution in [0.25, 0.3) is 10.1 Å². The molecule has 146 valence electrons. The van der Waals surface area contributed by atoms with Crippen LogP contribution in [-0.4, -0.2) is 25.6 Å². The Morgan fingerprint density at radius 2 is 1.75 bits per heavy atom. The Balaban J connectivity index is 1.68. The van der Waals surface area contributed by atoms with Crippen LogP contribution in [0.4, 0.5) is 5.69 Å². The molecule has 3 aromatic rings. The van der Waals surface area contributed by atoms with Crippen molar-refractivity contribution in [3.8, 4) is 5.75 Å². The van der Waals surface area contributed by atoms with Gasteiger partial charge in [0.25, 0.3) is 5.91 Å². The van der Waals surface area contributed by atoms with E-state index < -0.39 is 18.5 Å². The largest absolute Gasteiger partial charge is 0.497 e. The summed E-state index contributed by atoms with van der Waals surface area (Å²) in [6, 6.07) is 8.06. The maximum absolute atomic E-state index is 12.3. The molecular formula is C18H11Cl4NO4S. The lowest BCUT2D eigenvalue weighted by atomic mass is 10.2. The van der Waals surface area contributed by atoms with Gasteiger partial charge in [0.1, 0.15) is 10.6 Å². The van der Waals surface area contributed by atoms with Crippen LogP contribution >= 0.6 is 57.7 Å². The average Bonchev–Trinajstić information content (AvgIpc) is 3.00. The summed E-state index contributed by atoms with van der Waals surface area (Å²) in [7, 11) is 1.55. The Kier molecular flexibility index (Phi) is 6.58. The van der Waals surface area contributed by atoms with Gasteiger partial charge in [-0.15, -0.1) is 11.3 Å². The van der Waals surface area contributed by atoms with E-state index >= 15 is 0 Å². The fourth-order valence-corrected chi connectivity index (χ4v) is 4.33. The van der Waals surface area contributed by atoms with Crippen LogP contribution in [0.15, 0.2) is 30.3 Å². The van der Waals surface area contributed by atoms with Gasteiger partial charge in [-0.3, -0.25) is 4.79 Å². The minimum Gasteiger partial charge on any atom is -0.497 e. The zero-order valence-corrected chi connectivity index (χ0v) is 18.0. The molecule has 0 aliphatic heterocycles. The number of rotatable bonds is 5. The van der Waals surface area contributed by atoms with E-state index in [0.717, 1.165) is 16.0 Å². The van der Waals surface area contributed by atoms with Crippen molar-refractivity contribution in [2.75, 3.05) is 19.0 Å². The number of esters is 1. The maximum atomic E-state index is 12.3. The van der Waals surface area contributed by atoms with Crippen molar-refractivity contribution in [3.63, 3.8) is 0 Å². The number of thiophene rings is 1. The summed E-state index contributed by atoms with van der Waals surface area (Å²) in [6.45, 7) is -0.525. The molecule has 0 fully saturated rings. The quantitative estimate of drug-likeness (QED) is 0.344. The molecule has 1 aromatic heterocycles. The van der Waals surface area contributed by atoms with E-state index in [1.807, 2.05) is 0 Å². The lowest BCUT2D eigenvalue weighted by Gasteiger charge is -2.09. The number of hydrogen-bond donors (Lipinski definition) is 1. The van der Waals surface area contributed by atoms with Gasteiger partial charge >= 0.3 is 5.97 Å². The first-order valence-corrected chi connectivity index (χ1v) is 10.0. The van der Waals surface area contributed by atoms with Crippen molar-refractivity contribution < 1.29 is 19.1 Å². The molecule has 0 spiro atoms. The van der Waals surface area contributed by atoms with Gasteiger partial charge in [-0.1, -0.05) is 46.4 Å². The highest BCUT2D eigenvalue weighted by atomic mass is 35.5. The minimum atomic E-state index is -0.708. The van der Waals surface area contributed by atoms with Crippen LogP contribution in [0.2, 0.25) is 20.1 Å². The maximum Gasteiger partial charge on any atom is 0.350 e. The number of anilines is 1. The Hall–Kier alpha value is -1.70. The van der Waals surface area contributed by atoms with E-state index in [2.05, 4.69) is 5.32 Å². The van der Waals surface area contributed by atoms with Crippen LogP contribution in [-0.2, 0) is 9.53 Å². The molecule has 0 bridgehead atoms. The third-order valence-electron chi connectivity index (χ3n) is 3.64. The monoisotopic (exact) mass is 477 g/mol. The lowest BCUT2D eigenvalue weighted by molar-refractivity contribution is -0.119. The Morgan fingerprint density at radius 3 is 2.46 bits per heavy atom. The van der Waals surface area contributed by atoms with Crippen molar-refractivity contribution in [2.45, 2.75) is 0 Å². The van der Waals surface area contributed by atoms with E-state index in [0.29, 0.717) is 11.1 Å².